The molecule has 0 amide bonds. The van der Waals surface area contributed by atoms with Crippen molar-refractivity contribution in [3.05, 3.63) is 59.2 Å². The Morgan fingerprint density at radius 1 is 1.15 bits per heavy atom. The van der Waals surface area contributed by atoms with Crippen molar-refractivity contribution in [2.75, 3.05) is 20.1 Å². The minimum Gasteiger partial charge on any atom is -0.485 e. The molecule has 5 heteroatoms. The second kappa shape index (κ2) is 6.61. The summed E-state index contributed by atoms with van der Waals surface area (Å²) in [6.45, 7) is 2.58. The predicted octanol–water partition coefficient (Wildman–Crippen LogP) is 3.54. The van der Waals surface area contributed by atoms with Gasteiger partial charge in [0.15, 0.2) is 23.4 Å². The smallest absolute Gasteiger partial charge is 0.174 e. The summed E-state index contributed by atoms with van der Waals surface area (Å²) in [6, 6.07) is 14.4. The van der Waals surface area contributed by atoms with Crippen LogP contribution in [0.25, 0.3) is 0 Å². The first-order valence-corrected chi connectivity index (χ1v) is 12.5. The highest BCUT2D eigenvalue weighted by molar-refractivity contribution is 5.90. The molecule has 172 valence electrons. The second-order valence-corrected chi connectivity index (χ2v) is 11.4. The molecule has 2 aliphatic heterocycles. The van der Waals surface area contributed by atoms with Crippen molar-refractivity contribution >= 4 is 5.78 Å². The van der Waals surface area contributed by atoms with Gasteiger partial charge in [0.25, 0.3) is 0 Å². The van der Waals surface area contributed by atoms with Crippen LogP contribution in [0.3, 0.4) is 0 Å². The monoisotopic (exact) mass is 446 g/mol. The molecule has 2 aromatic carbocycles. The van der Waals surface area contributed by atoms with Crippen molar-refractivity contribution in [3.63, 3.8) is 0 Å². The van der Waals surface area contributed by atoms with E-state index >= 15 is 0 Å². The molecule has 2 aromatic rings. The number of ether oxygens (including phenoxy) is 2. The first-order chi connectivity index (χ1) is 15.9. The molecule has 0 radical (unpaired) electrons. The summed E-state index contributed by atoms with van der Waals surface area (Å²) in [7, 11) is 2.35. The summed E-state index contributed by atoms with van der Waals surface area (Å²) < 4.78 is 13.7. The molecule has 33 heavy (non-hydrogen) atoms. The maximum atomic E-state index is 13.2. The highest BCUT2D eigenvalue weighted by atomic mass is 16.5. The van der Waals surface area contributed by atoms with Crippen LogP contribution in [0.4, 0.5) is 0 Å². The standard InChI is InChI=1S/C28H32NO4/c1-29(16-18-7-8-18)14-13-27-24-20-9-10-22(32-17-19-5-3-2-4-6-19)25(24)33-26(27)21(30)11-12-28(27,31)23(29)15-20/h2-6,9-10,18,23,26,31H,7-8,11-17H2,1H3/q+1/t23-,26+,27+,28-,29?/m1/s1. The molecule has 1 unspecified atom stereocenters. The van der Waals surface area contributed by atoms with Crippen molar-refractivity contribution in [2.45, 2.75) is 68.3 Å². The third-order valence-electron chi connectivity index (χ3n) is 9.50. The Morgan fingerprint density at radius 2 is 1.97 bits per heavy atom. The number of nitrogens with zero attached hydrogens (tertiary/aromatic N) is 1. The summed E-state index contributed by atoms with van der Waals surface area (Å²) in [5.41, 5.74) is 1.85. The number of carbonyl (C=O) groups excluding carboxylic acids is 1. The molecular weight excluding hydrogens is 414 g/mol. The summed E-state index contributed by atoms with van der Waals surface area (Å²) in [6.07, 6.45) is 4.61. The van der Waals surface area contributed by atoms with E-state index in [1.165, 1.54) is 18.4 Å². The van der Waals surface area contributed by atoms with E-state index in [0.717, 1.165) is 47.5 Å². The number of aliphatic hydroxyl groups is 1. The number of likely N-dealkylation sites (tertiary alicyclic amines) is 1. The van der Waals surface area contributed by atoms with Crippen LogP contribution in [0.15, 0.2) is 42.5 Å². The van der Waals surface area contributed by atoms with Crippen LogP contribution in [0.5, 0.6) is 11.5 Å². The quantitative estimate of drug-likeness (QED) is 0.714. The van der Waals surface area contributed by atoms with Crippen LogP contribution in [0.2, 0.25) is 0 Å². The van der Waals surface area contributed by atoms with Crippen LogP contribution in [0.1, 0.15) is 48.8 Å². The van der Waals surface area contributed by atoms with Crippen LogP contribution < -0.4 is 9.47 Å². The summed E-state index contributed by atoms with van der Waals surface area (Å²) in [4.78, 5) is 13.2. The van der Waals surface area contributed by atoms with Gasteiger partial charge >= 0.3 is 0 Å². The Bertz CT molecular complexity index is 1140. The average Bonchev–Trinajstić information content (AvgIpc) is 3.54. The predicted molar refractivity (Wildman–Crippen MR) is 123 cm³/mol. The van der Waals surface area contributed by atoms with Crippen LogP contribution in [0, 0.1) is 5.92 Å². The van der Waals surface area contributed by atoms with Crippen LogP contribution >= 0.6 is 0 Å². The lowest BCUT2D eigenvalue weighted by molar-refractivity contribution is -0.950. The fraction of sp³-hybridized carbons (Fsp3) is 0.536. The fourth-order valence-electron chi connectivity index (χ4n) is 7.78. The van der Waals surface area contributed by atoms with Crippen LogP contribution in [-0.4, -0.2) is 53.3 Å². The third-order valence-corrected chi connectivity index (χ3v) is 9.50. The normalized spacial score (nSPS) is 37.9. The van der Waals surface area contributed by atoms with E-state index in [-0.39, 0.29) is 11.8 Å². The van der Waals surface area contributed by atoms with Crippen molar-refractivity contribution in [1.82, 2.24) is 0 Å². The first-order valence-electron chi connectivity index (χ1n) is 12.5. The number of carbonyl (C=O) groups is 1. The van der Waals surface area contributed by atoms with Gasteiger partial charge in [-0.05, 0) is 36.5 Å². The highest BCUT2D eigenvalue weighted by Crippen LogP contribution is 2.66. The summed E-state index contributed by atoms with van der Waals surface area (Å²) in [5, 5.41) is 12.5. The number of likely N-dealkylation sites (N-methyl/N-ethyl adjacent to an activating group) is 1. The summed E-state index contributed by atoms with van der Waals surface area (Å²) >= 11 is 0. The van der Waals surface area contributed by atoms with E-state index in [1.54, 1.807) is 0 Å². The average molecular weight is 447 g/mol. The number of rotatable bonds is 5. The Kier molecular flexibility index (Phi) is 4.01. The number of hydrogen-bond donors (Lipinski definition) is 1. The van der Waals surface area contributed by atoms with Gasteiger partial charge in [-0.1, -0.05) is 36.4 Å². The summed E-state index contributed by atoms with van der Waals surface area (Å²) in [5.74, 6) is 2.32. The van der Waals surface area contributed by atoms with Crippen molar-refractivity contribution in [2.24, 2.45) is 5.92 Å². The van der Waals surface area contributed by atoms with E-state index < -0.39 is 17.1 Å². The van der Waals surface area contributed by atoms with Gasteiger partial charge in [0, 0.05) is 30.7 Å². The molecule has 5 atom stereocenters. The Morgan fingerprint density at radius 3 is 2.76 bits per heavy atom. The minimum atomic E-state index is -0.913. The zero-order valence-electron chi connectivity index (χ0n) is 19.3. The number of Topliss-reactive ketones (excluding diaryl/α,β-unsaturated/α-hetero) is 1. The molecule has 0 aromatic heterocycles. The molecular formula is C28H32NO4+. The molecule has 2 heterocycles. The lowest BCUT2D eigenvalue weighted by Crippen LogP contribution is -2.80. The zero-order chi connectivity index (χ0) is 22.4. The molecule has 1 saturated heterocycles. The molecule has 3 aliphatic carbocycles. The van der Waals surface area contributed by atoms with Crippen molar-refractivity contribution in [1.29, 1.82) is 0 Å². The Balaban J connectivity index is 1.34. The topological polar surface area (TPSA) is 55.8 Å². The van der Waals surface area contributed by atoms with Gasteiger partial charge in [-0.2, -0.15) is 0 Å². The zero-order valence-corrected chi connectivity index (χ0v) is 19.3. The number of benzene rings is 2. The van der Waals surface area contributed by atoms with Gasteiger partial charge in [-0.3, -0.25) is 4.79 Å². The number of piperidine rings is 1. The second-order valence-electron chi connectivity index (χ2n) is 11.4. The Labute approximate surface area is 194 Å². The van der Waals surface area contributed by atoms with E-state index in [4.69, 9.17) is 9.47 Å². The number of quaternary nitrogens is 1. The lowest BCUT2D eigenvalue weighted by atomic mass is 9.48. The molecule has 3 fully saturated rings. The van der Waals surface area contributed by atoms with E-state index in [2.05, 4.69) is 13.1 Å². The third kappa shape index (κ3) is 2.58. The maximum Gasteiger partial charge on any atom is 0.174 e. The maximum absolute atomic E-state index is 13.2. The highest BCUT2D eigenvalue weighted by Gasteiger charge is 2.76. The van der Waals surface area contributed by atoms with Gasteiger partial charge < -0.3 is 19.1 Å². The van der Waals surface area contributed by atoms with E-state index in [1.807, 2.05) is 36.4 Å². The van der Waals surface area contributed by atoms with Crippen LogP contribution in [-0.2, 0) is 23.2 Å². The lowest BCUT2D eigenvalue weighted by Gasteiger charge is -2.64. The van der Waals surface area contributed by atoms with E-state index in [0.29, 0.717) is 30.9 Å². The molecule has 2 bridgehead atoms. The molecule has 5 aliphatic rings. The SMILES string of the molecule is C[N+]1(CC2CC2)CC[C@]23c4c5ccc(OCc6ccccc6)c4O[C@H]2C(=O)CC[C@@]3(O)[C@H]1C5. The minimum absolute atomic E-state index is 0.112. The first kappa shape index (κ1) is 20.0. The molecule has 7 rings (SSSR count). The van der Waals surface area contributed by atoms with E-state index in [9.17, 15) is 9.90 Å². The van der Waals surface area contributed by atoms with Gasteiger partial charge in [-0.25, -0.2) is 0 Å². The molecule has 1 N–H and O–H groups in total. The van der Waals surface area contributed by atoms with Crippen molar-refractivity contribution in [3.8, 4) is 11.5 Å². The number of ketones is 1. The fourth-order valence-corrected chi connectivity index (χ4v) is 7.78. The van der Waals surface area contributed by atoms with Gasteiger partial charge in [0.05, 0.1) is 25.6 Å². The number of hydrogen-bond acceptors (Lipinski definition) is 4. The molecule has 1 spiro atoms. The van der Waals surface area contributed by atoms with Crippen molar-refractivity contribution < 1.29 is 23.9 Å². The molecule has 5 nitrogen and oxygen atoms in total. The largest absolute Gasteiger partial charge is 0.485 e. The van der Waals surface area contributed by atoms with Gasteiger partial charge in [-0.15, -0.1) is 0 Å². The van der Waals surface area contributed by atoms with Gasteiger partial charge in [0.1, 0.15) is 18.2 Å². The van der Waals surface area contributed by atoms with Gasteiger partial charge in [0.2, 0.25) is 0 Å². The molecule has 2 saturated carbocycles. The Hall–Kier alpha value is -2.37.